The summed E-state index contributed by atoms with van der Waals surface area (Å²) in [4.78, 5) is 13.4. The minimum atomic E-state index is -0.542. The van der Waals surface area contributed by atoms with Crippen molar-refractivity contribution in [2.24, 2.45) is 0 Å². The summed E-state index contributed by atoms with van der Waals surface area (Å²) in [7, 11) is 1.61. The van der Waals surface area contributed by atoms with E-state index in [1.54, 1.807) is 31.4 Å². The number of hydrogen-bond donors (Lipinski definition) is 2. The van der Waals surface area contributed by atoms with Crippen molar-refractivity contribution in [1.82, 2.24) is 4.57 Å². The average Bonchev–Trinajstić information content (AvgIpc) is 2.98. The molecule has 1 heterocycles. The molecule has 1 aromatic heterocycles. The van der Waals surface area contributed by atoms with Gasteiger partial charge in [0.1, 0.15) is 18.4 Å². The number of carbonyl (C=O) groups is 1. The Hall–Kier alpha value is -2.63. The predicted octanol–water partition coefficient (Wildman–Crippen LogP) is 2.52. The molecule has 28 heavy (non-hydrogen) atoms. The summed E-state index contributed by atoms with van der Waals surface area (Å²) < 4.78 is 7.16. The van der Waals surface area contributed by atoms with Gasteiger partial charge >= 0.3 is 0 Å². The minimum Gasteiger partial charge on any atom is -0.497 e. The first-order valence-electron chi connectivity index (χ1n) is 9.70. The highest BCUT2D eigenvalue weighted by Gasteiger charge is 2.23. The average molecular weight is 381 g/mol. The van der Waals surface area contributed by atoms with Gasteiger partial charge in [0.2, 0.25) is 5.78 Å². The third-order valence-corrected chi connectivity index (χ3v) is 5.06. The molecule has 3 N–H and O–H groups in total. The van der Waals surface area contributed by atoms with Crippen LogP contribution in [0.15, 0.2) is 48.5 Å². The number of quaternary nitrogens is 1. The largest absolute Gasteiger partial charge is 0.497 e. The molecule has 0 bridgehead atoms. The van der Waals surface area contributed by atoms with Crippen LogP contribution >= 0.6 is 0 Å². The predicted molar refractivity (Wildman–Crippen MR) is 111 cm³/mol. The zero-order chi connectivity index (χ0) is 20.3. The summed E-state index contributed by atoms with van der Waals surface area (Å²) in [6.45, 7) is 7.15. The summed E-state index contributed by atoms with van der Waals surface area (Å²) in [6, 6.07) is 15.5. The maximum Gasteiger partial charge on any atom is 0.209 e. The van der Waals surface area contributed by atoms with Gasteiger partial charge in [-0.3, -0.25) is 4.79 Å². The molecule has 2 aromatic carbocycles. The lowest BCUT2D eigenvalue weighted by atomic mass is 10.0. The molecule has 0 saturated carbocycles. The maximum absolute atomic E-state index is 13.4. The van der Waals surface area contributed by atoms with Gasteiger partial charge in [-0.2, -0.15) is 0 Å². The van der Waals surface area contributed by atoms with Crippen LogP contribution in [0.2, 0.25) is 0 Å². The Morgan fingerprint density at radius 1 is 1.14 bits per heavy atom. The molecule has 0 spiro atoms. The Labute approximate surface area is 165 Å². The van der Waals surface area contributed by atoms with Crippen LogP contribution in [0, 0.1) is 6.92 Å². The molecule has 3 aromatic rings. The van der Waals surface area contributed by atoms with Crippen molar-refractivity contribution in [2.45, 2.75) is 39.5 Å². The second-order valence-electron chi connectivity index (χ2n) is 7.53. The van der Waals surface area contributed by atoms with E-state index < -0.39 is 6.10 Å². The lowest BCUT2D eigenvalue weighted by Crippen LogP contribution is -2.90. The molecular formula is C23H29N2O3+. The lowest BCUT2D eigenvalue weighted by Gasteiger charge is -2.16. The van der Waals surface area contributed by atoms with E-state index in [1.807, 2.05) is 35.8 Å². The zero-order valence-electron chi connectivity index (χ0n) is 17.0. The summed E-state index contributed by atoms with van der Waals surface area (Å²) in [6.07, 6.45) is -0.542. The Morgan fingerprint density at radius 3 is 2.46 bits per heavy atom. The van der Waals surface area contributed by atoms with Gasteiger partial charge in [-0.1, -0.05) is 18.2 Å². The fraction of sp³-hybridized carbons (Fsp3) is 0.348. The number of aryl methyl sites for hydroxylation is 1. The quantitative estimate of drug-likeness (QED) is 0.589. The fourth-order valence-electron chi connectivity index (χ4n) is 3.55. The number of nitrogens with two attached hydrogens (primary N) is 1. The maximum atomic E-state index is 13.4. The number of benzene rings is 2. The van der Waals surface area contributed by atoms with Crippen LogP contribution < -0.4 is 10.1 Å². The Morgan fingerprint density at radius 2 is 1.82 bits per heavy atom. The number of ether oxygens (including phenoxy) is 1. The number of ketones is 1. The molecule has 5 heteroatoms. The molecule has 0 unspecified atom stereocenters. The van der Waals surface area contributed by atoms with E-state index in [0.717, 1.165) is 16.5 Å². The SMILES string of the molecule is COc1ccc(C(=O)c2c(C)c3ccccc3n2C[C@@H](O)C[NH2+]C(C)C)cc1. The van der Waals surface area contributed by atoms with E-state index in [9.17, 15) is 9.90 Å². The first-order chi connectivity index (χ1) is 13.4. The van der Waals surface area contributed by atoms with Crippen LogP contribution in [0.25, 0.3) is 10.9 Å². The van der Waals surface area contributed by atoms with E-state index in [-0.39, 0.29) is 5.78 Å². The highest BCUT2D eigenvalue weighted by molar-refractivity contribution is 6.12. The Kier molecular flexibility index (Phi) is 6.17. The number of nitrogens with zero attached hydrogens (tertiary/aromatic N) is 1. The first-order valence-corrected chi connectivity index (χ1v) is 9.70. The van der Waals surface area contributed by atoms with Crippen LogP contribution in [0.1, 0.15) is 35.5 Å². The van der Waals surface area contributed by atoms with Crippen molar-refractivity contribution in [3.8, 4) is 5.75 Å². The van der Waals surface area contributed by atoms with Gasteiger partial charge in [0.15, 0.2) is 0 Å². The number of para-hydroxylation sites is 1. The molecule has 0 aliphatic heterocycles. The van der Waals surface area contributed by atoms with E-state index in [2.05, 4.69) is 19.2 Å². The molecule has 0 radical (unpaired) electrons. The third-order valence-electron chi connectivity index (χ3n) is 5.06. The molecule has 0 fully saturated rings. The van der Waals surface area contributed by atoms with E-state index >= 15 is 0 Å². The van der Waals surface area contributed by atoms with E-state index in [0.29, 0.717) is 36.1 Å². The molecule has 0 saturated heterocycles. The number of hydrogen-bond acceptors (Lipinski definition) is 3. The number of methoxy groups -OCH3 is 1. The molecule has 1 atom stereocenters. The van der Waals surface area contributed by atoms with Crippen LogP contribution in [0.5, 0.6) is 5.75 Å². The van der Waals surface area contributed by atoms with Crippen molar-refractivity contribution >= 4 is 16.7 Å². The van der Waals surface area contributed by atoms with Crippen LogP contribution in [0.3, 0.4) is 0 Å². The Balaban J connectivity index is 2.02. The summed E-state index contributed by atoms with van der Waals surface area (Å²) in [5, 5.41) is 13.7. The third kappa shape index (κ3) is 4.11. The smallest absolute Gasteiger partial charge is 0.209 e. The molecule has 3 rings (SSSR count). The van der Waals surface area contributed by atoms with Gasteiger partial charge in [0, 0.05) is 16.5 Å². The monoisotopic (exact) mass is 381 g/mol. The summed E-state index contributed by atoms with van der Waals surface area (Å²) in [5.41, 5.74) is 3.16. The molecular weight excluding hydrogens is 352 g/mol. The van der Waals surface area contributed by atoms with Crippen molar-refractivity contribution < 1.29 is 20.0 Å². The van der Waals surface area contributed by atoms with Gasteiger partial charge in [0.25, 0.3) is 0 Å². The topological polar surface area (TPSA) is 68.1 Å². The molecule has 148 valence electrons. The second kappa shape index (κ2) is 8.59. The number of rotatable bonds is 8. The van der Waals surface area contributed by atoms with Crippen LogP contribution in [-0.2, 0) is 6.54 Å². The number of fused-ring (bicyclic) bond motifs is 1. The normalized spacial score (nSPS) is 12.5. The van der Waals surface area contributed by atoms with Crippen molar-refractivity contribution in [2.75, 3.05) is 13.7 Å². The van der Waals surface area contributed by atoms with Gasteiger partial charge in [-0.05, 0) is 56.7 Å². The standard InChI is InChI=1S/C23H28N2O3/c1-15(2)24-13-18(26)14-25-21-8-6-5-7-20(21)16(3)22(25)23(27)17-9-11-19(28-4)12-10-17/h5-12,15,18,24,26H,13-14H2,1-4H3/p+1/t18-/m0/s1. The van der Waals surface area contributed by atoms with Gasteiger partial charge in [0.05, 0.1) is 25.4 Å². The van der Waals surface area contributed by atoms with Crippen molar-refractivity contribution in [1.29, 1.82) is 0 Å². The van der Waals surface area contributed by atoms with E-state index in [4.69, 9.17) is 4.74 Å². The second-order valence-corrected chi connectivity index (χ2v) is 7.53. The molecule has 0 aliphatic rings. The number of aliphatic hydroxyl groups excluding tert-OH is 1. The molecule has 5 nitrogen and oxygen atoms in total. The van der Waals surface area contributed by atoms with Crippen LogP contribution in [0.4, 0.5) is 0 Å². The highest BCUT2D eigenvalue weighted by Crippen LogP contribution is 2.28. The molecule has 0 amide bonds. The van der Waals surface area contributed by atoms with Crippen molar-refractivity contribution in [3.63, 3.8) is 0 Å². The lowest BCUT2D eigenvalue weighted by molar-refractivity contribution is -0.688. The molecule has 0 aliphatic carbocycles. The number of carbonyl (C=O) groups excluding carboxylic acids is 1. The summed E-state index contributed by atoms with van der Waals surface area (Å²) >= 11 is 0. The van der Waals surface area contributed by atoms with Crippen LogP contribution in [-0.4, -0.2) is 41.3 Å². The number of aromatic nitrogens is 1. The van der Waals surface area contributed by atoms with E-state index in [1.165, 1.54) is 0 Å². The fourth-order valence-corrected chi connectivity index (χ4v) is 3.55. The summed E-state index contributed by atoms with van der Waals surface area (Å²) in [5.74, 6) is 0.671. The first kappa shape index (κ1) is 20.1. The van der Waals surface area contributed by atoms with Gasteiger partial charge in [-0.25, -0.2) is 0 Å². The zero-order valence-corrected chi connectivity index (χ0v) is 17.0. The Bertz CT molecular complexity index is 958. The van der Waals surface area contributed by atoms with Gasteiger partial charge in [-0.15, -0.1) is 0 Å². The number of aliphatic hydroxyl groups is 1. The van der Waals surface area contributed by atoms with Crippen molar-refractivity contribution in [3.05, 3.63) is 65.4 Å². The van der Waals surface area contributed by atoms with Gasteiger partial charge < -0.3 is 19.7 Å². The minimum absolute atomic E-state index is 0.0450. The highest BCUT2D eigenvalue weighted by atomic mass is 16.5.